The number of methoxy groups -OCH3 is 2. The number of aromatic nitrogens is 2. The van der Waals surface area contributed by atoms with E-state index in [1.807, 2.05) is 0 Å². The molecule has 0 radical (unpaired) electrons. The van der Waals surface area contributed by atoms with E-state index in [0.717, 1.165) is 0 Å². The number of carbonyl (C=O) groups excluding carboxylic acids is 1. The maximum absolute atomic E-state index is 13.7. The van der Waals surface area contributed by atoms with Crippen LogP contribution in [0, 0.1) is 5.82 Å². The summed E-state index contributed by atoms with van der Waals surface area (Å²) in [4.78, 5) is 12.3. The van der Waals surface area contributed by atoms with E-state index in [9.17, 15) is 9.18 Å². The summed E-state index contributed by atoms with van der Waals surface area (Å²) in [5.74, 6) is 0.717. The van der Waals surface area contributed by atoms with Crippen molar-refractivity contribution in [2.24, 2.45) is 0 Å². The van der Waals surface area contributed by atoms with Gasteiger partial charge in [-0.05, 0) is 24.3 Å². The van der Waals surface area contributed by atoms with Crippen molar-refractivity contribution in [1.82, 2.24) is 15.5 Å². The lowest BCUT2D eigenvalue weighted by atomic mass is 10.2. The van der Waals surface area contributed by atoms with Crippen LogP contribution in [0.4, 0.5) is 4.39 Å². The highest BCUT2D eigenvalue weighted by atomic mass is 19.1. The molecule has 1 aromatic heterocycles. The normalized spacial score (nSPS) is 10.5. The lowest BCUT2D eigenvalue weighted by molar-refractivity contribution is 0.0953. The van der Waals surface area contributed by atoms with Gasteiger partial charge in [0.15, 0.2) is 0 Å². The molecule has 1 amide bonds. The highest BCUT2D eigenvalue weighted by Gasteiger charge is 2.13. The Balaban J connectivity index is 1.60. The van der Waals surface area contributed by atoms with Gasteiger partial charge in [-0.15, -0.1) is 10.2 Å². The van der Waals surface area contributed by atoms with E-state index >= 15 is 0 Å². The van der Waals surface area contributed by atoms with Crippen LogP contribution < -0.4 is 14.8 Å². The van der Waals surface area contributed by atoms with Crippen LogP contribution in [0.2, 0.25) is 0 Å². The Morgan fingerprint density at radius 2 is 1.81 bits per heavy atom. The van der Waals surface area contributed by atoms with E-state index in [1.165, 1.54) is 20.3 Å². The van der Waals surface area contributed by atoms with E-state index in [-0.39, 0.29) is 23.9 Å². The highest BCUT2D eigenvalue weighted by Crippen LogP contribution is 2.23. The minimum Gasteiger partial charge on any atom is -0.497 e. The van der Waals surface area contributed by atoms with E-state index < -0.39 is 5.82 Å². The van der Waals surface area contributed by atoms with Gasteiger partial charge in [0, 0.05) is 24.6 Å². The molecule has 0 saturated heterocycles. The first-order valence-electron chi connectivity index (χ1n) is 8.19. The first-order valence-corrected chi connectivity index (χ1v) is 8.19. The van der Waals surface area contributed by atoms with Crippen molar-refractivity contribution < 1.29 is 23.1 Å². The van der Waals surface area contributed by atoms with Crippen molar-refractivity contribution in [3.63, 3.8) is 0 Å². The highest BCUT2D eigenvalue weighted by molar-refractivity contribution is 5.95. The van der Waals surface area contributed by atoms with Crippen LogP contribution in [0.1, 0.15) is 16.2 Å². The SMILES string of the molecule is COc1cc(OC)cc(C(=O)NCCc2nnc(-c3ccccc3F)o2)c1. The monoisotopic (exact) mass is 371 g/mol. The first-order chi connectivity index (χ1) is 13.1. The van der Waals surface area contributed by atoms with Crippen LogP contribution in [0.25, 0.3) is 11.5 Å². The van der Waals surface area contributed by atoms with Gasteiger partial charge in [-0.1, -0.05) is 12.1 Å². The summed E-state index contributed by atoms with van der Waals surface area (Å²) >= 11 is 0. The Bertz CT molecular complexity index is 920. The summed E-state index contributed by atoms with van der Waals surface area (Å²) in [5, 5.41) is 10.5. The smallest absolute Gasteiger partial charge is 0.251 e. The Morgan fingerprint density at radius 3 is 2.48 bits per heavy atom. The Labute approximate surface area is 155 Å². The van der Waals surface area contributed by atoms with E-state index in [1.54, 1.807) is 36.4 Å². The summed E-state index contributed by atoms with van der Waals surface area (Å²) in [6.07, 6.45) is 0.314. The summed E-state index contributed by atoms with van der Waals surface area (Å²) in [7, 11) is 3.03. The molecular formula is C19H18FN3O4. The number of amides is 1. The fourth-order valence-electron chi connectivity index (χ4n) is 2.42. The van der Waals surface area contributed by atoms with Gasteiger partial charge in [0.05, 0.1) is 19.8 Å². The molecule has 0 saturated carbocycles. The predicted molar refractivity (Wildman–Crippen MR) is 95.3 cm³/mol. The van der Waals surface area contributed by atoms with Crippen molar-refractivity contribution in [2.75, 3.05) is 20.8 Å². The first kappa shape index (κ1) is 18.4. The van der Waals surface area contributed by atoms with E-state index in [4.69, 9.17) is 13.9 Å². The molecule has 0 spiro atoms. The number of nitrogens with one attached hydrogen (secondary N) is 1. The number of carbonyl (C=O) groups is 1. The fourth-order valence-corrected chi connectivity index (χ4v) is 2.42. The third-order valence-corrected chi connectivity index (χ3v) is 3.81. The van der Waals surface area contributed by atoms with Gasteiger partial charge in [0.1, 0.15) is 17.3 Å². The number of ether oxygens (including phenoxy) is 2. The third-order valence-electron chi connectivity index (χ3n) is 3.81. The molecule has 0 atom stereocenters. The number of benzene rings is 2. The second-order valence-electron chi connectivity index (χ2n) is 5.59. The zero-order valence-corrected chi connectivity index (χ0v) is 14.9. The molecule has 3 rings (SSSR count). The van der Waals surface area contributed by atoms with Crippen molar-refractivity contribution >= 4 is 5.91 Å². The van der Waals surface area contributed by atoms with Gasteiger partial charge in [-0.3, -0.25) is 4.79 Å². The number of halogens is 1. The maximum Gasteiger partial charge on any atom is 0.251 e. The van der Waals surface area contributed by atoms with Crippen molar-refractivity contribution in [1.29, 1.82) is 0 Å². The summed E-state index contributed by atoms with van der Waals surface area (Å²) in [5.41, 5.74) is 0.646. The lowest BCUT2D eigenvalue weighted by Crippen LogP contribution is -2.25. The molecule has 140 valence electrons. The molecular weight excluding hydrogens is 353 g/mol. The molecule has 3 aromatic rings. The molecule has 2 aromatic carbocycles. The molecule has 0 aliphatic carbocycles. The standard InChI is InChI=1S/C19H18FN3O4/c1-25-13-9-12(10-14(11-13)26-2)18(24)21-8-7-17-22-23-19(27-17)15-5-3-4-6-16(15)20/h3-6,9-11H,7-8H2,1-2H3,(H,21,24). The molecule has 27 heavy (non-hydrogen) atoms. The fraction of sp³-hybridized carbons (Fsp3) is 0.211. The number of nitrogens with zero attached hydrogens (tertiary/aromatic N) is 2. The zero-order valence-electron chi connectivity index (χ0n) is 14.9. The van der Waals surface area contributed by atoms with E-state index in [0.29, 0.717) is 29.4 Å². The van der Waals surface area contributed by atoms with Crippen LogP contribution in [-0.2, 0) is 6.42 Å². The molecule has 7 nitrogen and oxygen atoms in total. The van der Waals surface area contributed by atoms with Crippen LogP contribution in [0.3, 0.4) is 0 Å². The predicted octanol–water partition coefficient (Wildman–Crippen LogP) is 2.87. The molecule has 0 bridgehead atoms. The lowest BCUT2D eigenvalue weighted by Gasteiger charge is -2.08. The Hall–Kier alpha value is -3.42. The summed E-state index contributed by atoms with van der Waals surface area (Å²) < 4.78 is 29.5. The summed E-state index contributed by atoms with van der Waals surface area (Å²) in [6.45, 7) is 0.275. The Kier molecular flexibility index (Phi) is 5.65. The van der Waals surface area contributed by atoms with Gasteiger partial charge in [0.2, 0.25) is 5.89 Å². The second-order valence-corrected chi connectivity index (χ2v) is 5.59. The van der Waals surface area contributed by atoms with Crippen LogP contribution in [0.5, 0.6) is 11.5 Å². The molecule has 0 fully saturated rings. The van der Waals surface area contributed by atoms with Crippen molar-refractivity contribution in [3.8, 4) is 23.0 Å². The maximum atomic E-state index is 13.7. The quantitative estimate of drug-likeness (QED) is 0.687. The molecule has 0 unspecified atom stereocenters. The molecule has 0 aliphatic heterocycles. The Morgan fingerprint density at radius 1 is 1.11 bits per heavy atom. The van der Waals surface area contributed by atoms with Crippen LogP contribution in [0.15, 0.2) is 46.9 Å². The molecule has 0 aliphatic rings. The van der Waals surface area contributed by atoms with Gasteiger partial charge in [-0.25, -0.2) is 4.39 Å². The van der Waals surface area contributed by atoms with Gasteiger partial charge < -0.3 is 19.2 Å². The number of hydrogen-bond acceptors (Lipinski definition) is 6. The zero-order chi connectivity index (χ0) is 19.2. The van der Waals surface area contributed by atoms with Gasteiger partial charge >= 0.3 is 0 Å². The van der Waals surface area contributed by atoms with Crippen molar-refractivity contribution in [3.05, 3.63) is 59.7 Å². The largest absolute Gasteiger partial charge is 0.497 e. The average Bonchev–Trinajstić information content (AvgIpc) is 3.16. The second kappa shape index (κ2) is 8.31. The van der Waals surface area contributed by atoms with Gasteiger partial charge in [-0.2, -0.15) is 0 Å². The van der Waals surface area contributed by atoms with Crippen LogP contribution in [-0.4, -0.2) is 36.9 Å². The van der Waals surface area contributed by atoms with E-state index in [2.05, 4.69) is 15.5 Å². The molecule has 1 heterocycles. The summed E-state index contributed by atoms with van der Waals surface area (Å²) in [6, 6.07) is 11.1. The minimum atomic E-state index is -0.437. The third kappa shape index (κ3) is 4.41. The average molecular weight is 371 g/mol. The van der Waals surface area contributed by atoms with Crippen molar-refractivity contribution in [2.45, 2.75) is 6.42 Å². The van der Waals surface area contributed by atoms with Crippen LogP contribution >= 0.6 is 0 Å². The van der Waals surface area contributed by atoms with Gasteiger partial charge in [0.25, 0.3) is 11.8 Å². The minimum absolute atomic E-state index is 0.104. The molecule has 1 N–H and O–H groups in total. The number of rotatable bonds is 7. The number of hydrogen-bond donors (Lipinski definition) is 1. The molecule has 8 heteroatoms. The topological polar surface area (TPSA) is 86.5 Å².